The number of H-pyrrole nitrogens is 1. The number of fused-ring (bicyclic) bond motifs is 1. The quantitative estimate of drug-likeness (QED) is 0.654. The predicted octanol–water partition coefficient (Wildman–Crippen LogP) is 0.815. The van der Waals surface area contributed by atoms with Crippen molar-refractivity contribution in [2.45, 2.75) is 20.0 Å². The fourth-order valence-electron chi connectivity index (χ4n) is 3.77. The normalized spacial score (nSPS) is 19.4. The number of aryl methyl sites for hydroxylation is 1. The van der Waals surface area contributed by atoms with E-state index in [1.165, 1.54) is 12.6 Å². The first-order chi connectivity index (χ1) is 13.9. The van der Waals surface area contributed by atoms with E-state index in [-0.39, 0.29) is 17.5 Å². The monoisotopic (exact) mass is 395 g/mol. The Morgan fingerprint density at radius 3 is 2.76 bits per heavy atom. The number of carbonyl (C=O) groups excluding carboxylic acids is 1. The third-order valence-corrected chi connectivity index (χ3v) is 5.36. The van der Waals surface area contributed by atoms with E-state index >= 15 is 0 Å². The van der Waals surface area contributed by atoms with Crippen LogP contribution in [0.4, 0.5) is 5.95 Å². The lowest BCUT2D eigenvalue weighted by molar-refractivity contribution is 0.101. The summed E-state index contributed by atoms with van der Waals surface area (Å²) in [6.07, 6.45) is 7.81. The average Bonchev–Trinajstić information content (AvgIpc) is 2.69. The maximum absolute atomic E-state index is 12.2. The molecule has 0 bridgehead atoms. The van der Waals surface area contributed by atoms with Gasteiger partial charge in [-0.15, -0.1) is 0 Å². The van der Waals surface area contributed by atoms with Crippen LogP contribution in [0.3, 0.4) is 0 Å². The maximum Gasteiger partial charge on any atom is 0.260 e. The Morgan fingerprint density at radius 2 is 2.07 bits per heavy atom. The van der Waals surface area contributed by atoms with Crippen molar-refractivity contribution >= 4 is 22.8 Å². The van der Waals surface area contributed by atoms with Crippen molar-refractivity contribution < 1.29 is 4.79 Å². The molecule has 2 aromatic rings. The van der Waals surface area contributed by atoms with Crippen LogP contribution in [0.25, 0.3) is 11.0 Å². The zero-order valence-electron chi connectivity index (χ0n) is 16.8. The Kier molecular flexibility index (Phi) is 5.06. The second kappa shape index (κ2) is 7.67. The van der Waals surface area contributed by atoms with E-state index in [1.807, 2.05) is 7.05 Å². The van der Waals surface area contributed by atoms with Crippen LogP contribution < -0.4 is 16.2 Å². The van der Waals surface area contributed by atoms with E-state index in [0.29, 0.717) is 22.5 Å². The second-order valence-corrected chi connectivity index (χ2v) is 7.37. The van der Waals surface area contributed by atoms with Crippen LogP contribution in [0.5, 0.6) is 0 Å². The fourth-order valence-corrected chi connectivity index (χ4v) is 3.77. The molecule has 0 radical (unpaired) electrons. The Morgan fingerprint density at radius 1 is 1.31 bits per heavy atom. The number of nitrogens with zero attached hydrogens (tertiary/aromatic N) is 4. The molecule has 1 atom stereocenters. The van der Waals surface area contributed by atoms with Crippen molar-refractivity contribution in [3.8, 4) is 0 Å². The van der Waals surface area contributed by atoms with E-state index in [0.717, 1.165) is 26.2 Å². The minimum atomic E-state index is -0.426. The van der Waals surface area contributed by atoms with Crippen LogP contribution in [-0.4, -0.2) is 69.9 Å². The van der Waals surface area contributed by atoms with Gasteiger partial charge in [0.2, 0.25) is 5.95 Å². The van der Waals surface area contributed by atoms with Crippen LogP contribution in [0.2, 0.25) is 0 Å². The van der Waals surface area contributed by atoms with Crippen LogP contribution in [-0.2, 0) is 0 Å². The average molecular weight is 395 g/mol. The number of allylic oxidation sites excluding steroid dienone is 1. The van der Waals surface area contributed by atoms with Gasteiger partial charge in [-0.1, -0.05) is 0 Å². The zero-order chi connectivity index (χ0) is 20.5. The summed E-state index contributed by atoms with van der Waals surface area (Å²) >= 11 is 0. The molecule has 9 heteroatoms. The molecule has 0 aliphatic carbocycles. The van der Waals surface area contributed by atoms with Crippen molar-refractivity contribution in [2.75, 3.05) is 38.5 Å². The fraction of sp³-hybridized carbons (Fsp3) is 0.400. The van der Waals surface area contributed by atoms with E-state index in [9.17, 15) is 9.59 Å². The SMILES string of the molecule is CC(=O)c1c(C)c2cnc(NC3C=CC(N4CCNCC4)=CN3C)nc2[nH]c1=O. The first-order valence-corrected chi connectivity index (χ1v) is 9.69. The van der Waals surface area contributed by atoms with Gasteiger partial charge < -0.3 is 25.4 Å². The van der Waals surface area contributed by atoms with Crippen LogP contribution in [0.15, 0.2) is 35.0 Å². The molecule has 29 heavy (non-hydrogen) atoms. The number of aromatic amines is 1. The zero-order valence-corrected chi connectivity index (χ0v) is 16.8. The first-order valence-electron chi connectivity index (χ1n) is 9.69. The number of piperazine rings is 1. The number of rotatable bonds is 4. The third-order valence-electron chi connectivity index (χ3n) is 5.36. The van der Waals surface area contributed by atoms with Gasteiger partial charge in [-0.05, 0) is 31.6 Å². The summed E-state index contributed by atoms with van der Waals surface area (Å²) in [5.74, 6) is 0.137. The number of nitrogens with one attached hydrogen (secondary N) is 3. The number of pyridine rings is 1. The smallest absolute Gasteiger partial charge is 0.260 e. The molecule has 1 fully saturated rings. The third kappa shape index (κ3) is 3.73. The highest BCUT2D eigenvalue weighted by Crippen LogP contribution is 2.20. The predicted molar refractivity (Wildman–Crippen MR) is 112 cm³/mol. The second-order valence-electron chi connectivity index (χ2n) is 7.37. The van der Waals surface area contributed by atoms with Gasteiger partial charge in [0, 0.05) is 51.0 Å². The van der Waals surface area contributed by atoms with Gasteiger partial charge in [0.25, 0.3) is 5.56 Å². The molecule has 4 rings (SSSR count). The molecule has 0 amide bonds. The van der Waals surface area contributed by atoms with Crippen LogP contribution in [0.1, 0.15) is 22.8 Å². The molecular weight excluding hydrogens is 370 g/mol. The van der Waals surface area contributed by atoms with Gasteiger partial charge in [-0.2, -0.15) is 4.98 Å². The summed E-state index contributed by atoms with van der Waals surface area (Å²) in [6.45, 7) is 7.09. The Balaban J connectivity index is 1.55. The Bertz CT molecular complexity index is 1070. The molecule has 1 unspecified atom stereocenters. The summed E-state index contributed by atoms with van der Waals surface area (Å²) < 4.78 is 0. The van der Waals surface area contributed by atoms with E-state index < -0.39 is 5.56 Å². The lowest BCUT2D eigenvalue weighted by Gasteiger charge is -2.35. The molecule has 0 spiro atoms. The first kappa shape index (κ1) is 19.1. The Labute approximate surface area is 168 Å². The number of hydrogen-bond acceptors (Lipinski definition) is 8. The number of likely N-dealkylation sites (N-methyl/N-ethyl adjacent to an activating group) is 1. The van der Waals surface area contributed by atoms with Gasteiger partial charge in [-0.3, -0.25) is 9.59 Å². The van der Waals surface area contributed by atoms with Gasteiger partial charge >= 0.3 is 0 Å². The van der Waals surface area contributed by atoms with E-state index in [4.69, 9.17) is 0 Å². The summed E-state index contributed by atoms with van der Waals surface area (Å²) in [4.78, 5) is 39.9. The number of hydrogen-bond donors (Lipinski definition) is 3. The molecule has 0 saturated carbocycles. The minimum Gasteiger partial charge on any atom is -0.368 e. The number of anilines is 1. The summed E-state index contributed by atoms with van der Waals surface area (Å²) in [5, 5.41) is 7.30. The lowest BCUT2D eigenvalue weighted by atomic mass is 10.1. The molecular formula is C20H25N7O2. The summed E-state index contributed by atoms with van der Waals surface area (Å²) in [6, 6.07) is 0. The highest BCUT2D eigenvalue weighted by atomic mass is 16.1. The van der Waals surface area contributed by atoms with Crippen molar-refractivity contribution in [3.05, 3.63) is 51.7 Å². The molecule has 9 nitrogen and oxygen atoms in total. The number of aromatic nitrogens is 3. The largest absolute Gasteiger partial charge is 0.368 e. The van der Waals surface area contributed by atoms with Crippen molar-refractivity contribution in [2.24, 2.45) is 0 Å². The topological polar surface area (TPSA) is 106 Å². The van der Waals surface area contributed by atoms with Gasteiger partial charge in [0.1, 0.15) is 11.8 Å². The minimum absolute atomic E-state index is 0.108. The van der Waals surface area contributed by atoms with Crippen molar-refractivity contribution in [1.82, 2.24) is 30.1 Å². The molecule has 152 valence electrons. The molecule has 2 aliphatic heterocycles. The molecule has 2 aromatic heterocycles. The number of Topliss-reactive ketones (excluding diaryl/α,β-unsaturated/α-hetero) is 1. The molecule has 0 aromatic carbocycles. The van der Waals surface area contributed by atoms with Crippen LogP contribution in [0, 0.1) is 6.92 Å². The maximum atomic E-state index is 12.2. The van der Waals surface area contributed by atoms with Gasteiger partial charge in [0.05, 0.1) is 11.3 Å². The summed E-state index contributed by atoms with van der Waals surface area (Å²) in [7, 11) is 2.00. The Hall–Kier alpha value is -3.20. The number of ketones is 1. The van der Waals surface area contributed by atoms with E-state index in [1.54, 1.807) is 13.1 Å². The number of carbonyl (C=O) groups is 1. The molecule has 2 aliphatic rings. The molecule has 3 N–H and O–H groups in total. The highest BCUT2D eigenvalue weighted by molar-refractivity contribution is 5.99. The van der Waals surface area contributed by atoms with Crippen LogP contribution >= 0.6 is 0 Å². The lowest BCUT2D eigenvalue weighted by Crippen LogP contribution is -2.44. The molecule has 4 heterocycles. The van der Waals surface area contributed by atoms with Gasteiger partial charge in [0.15, 0.2) is 5.78 Å². The van der Waals surface area contributed by atoms with Crippen molar-refractivity contribution in [3.63, 3.8) is 0 Å². The van der Waals surface area contributed by atoms with Crippen molar-refractivity contribution in [1.29, 1.82) is 0 Å². The van der Waals surface area contributed by atoms with Gasteiger partial charge in [-0.25, -0.2) is 4.98 Å². The highest BCUT2D eigenvalue weighted by Gasteiger charge is 2.20. The standard InChI is InChI=1S/C20H25N7O2/c1-12-15-10-22-20(25-18(15)24-19(29)17(12)13(2)28)23-16-5-4-14(11-26(16)3)27-8-6-21-7-9-27/h4-5,10-11,16,21H,6-9H2,1-3H3,(H2,22,23,24,25,29). The summed E-state index contributed by atoms with van der Waals surface area (Å²) in [5.41, 5.74) is 1.92. The molecule has 1 saturated heterocycles. The van der Waals surface area contributed by atoms with E-state index in [2.05, 4.69) is 53.7 Å².